The third-order valence-electron chi connectivity index (χ3n) is 4.25. The Hall–Kier alpha value is -1.06. The fourth-order valence-electron chi connectivity index (χ4n) is 3.22. The maximum Gasteiger partial charge on any atom is 0.270 e. The maximum absolute atomic E-state index is 12.3. The van der Waals surface area contributed by atoms with Crippen LogP contribution in [0.1, 0.15) is 39.0 Å². The molecule has 0 aromatic carbocycles. The van der Waals surface area contributed by atoms with Crippen molar-refractivity contribution in [3.05, 3.63) is 0 Å². The Morgan fingerprint density at radius 2 is 2.14 bits per heavy atom. The van der Waals surface area contributed by atoms with Gasteiger partial charge in [0.1, 0.15) is 0 Å². The van der Waals surface area contributed by atoms with Crippen LogP contribution in [0, 0.1) is 11.8 Å². The zero-order valence-electron chi connectivity index (χ0n) is 11.7. The summed E-state index contributed by atoms with van der Waals surface area (Å²) in [6, 6.07) is 0.0198. The molecular weight excluding hydrogens is 312 g/mol. The van der Waals surface area contributed by atoms with E-state index in [-0.39, 0.29) is 21.4 Å². The molecule has 0 radical (unpaired) electrons. The van der Waals surface area contributed by atoms with Crippen molar-refractivity contribution in [2.24, 2.45) is 11.8 Å². The standard InChI is InChI=1S/C12H18N4O3S2/c1-2-10(17)13-11-14-15-12(20-11)21(18,19)16-9-6-7-3-4-8(9)5-7/h7-9,16H,2-6H2,1H3,(H,13,14,17)/t7-,8-,9+/m1/s1. The van der Waals surface area contributed by atoms with Crippen LogP contribution in [-0.4, -0.2) is 30.6 Å². The molecule has 1 aromatic heterocycles. The number of amides is 1. The van der Waals surface area contributed by atoms with Crippen LogP contribution >= 0.6 is 11.3 Å². The van der Waals surface area contributed by atoms with E-state index in [0.717, 1.165) is 30.6 Å². The lowest BCUT2D eigenvalue weighted by Crippen LogP contribution is -2.38. The molecule has 0 saturated heterocycles. The molecule has 116 valence electrons. The summed E-state index contributed by atoms with van der Waals surface area (Å²) < 4.78 is 27.3. The highest BCUT2D eigenvalue weighted by molar-refractivity contribution is 7.91. The Labute approximate surface area is 127 Å². The van der Waals surface area contributed by atoms with Crippen LogP contribution in [-0.2, 0) is 14.8 Å². The van der Waals surface area contributed by atoms with Gasteiger partial charge >= 0.3 is 0 Å². The molecular formula is C12H18N4O3S2. The highest BCUT2D eigenvalue weighted by Crippen LogP contribution is 2.44. The van der Waals surface area contributed by atoms with E-state index in [1.165, 1.54) is 6.42 Å². The van der Waals surface area contributed by atoms with E-state index < -0.39 is 10.0 Å². The van der Waals surface area contributed by atoms with Gasteiger partial charge in [0.2, 0.25) is 15.4 Å². The van der Waals surface area contributed by atoms with Gasteiger partial charge in [0.05, 0.1) is 0 Å². The summed E-state index contributed by atoms with van der Waals surface area (Å²) in [6.45, 7) is 1.71. The second kappa shape index (κ2) is 5.62. The summed E-state index contributed by atoms with van der Waals surface area (Å²) in [5, 5.41) is 10.1. The molecule has 1 aromatic rings. The van der Waals surface area contributed by atoms with Crippen molar-refractivity contribution in [3.8, 4) is 0 Å². The van der Waals surface area contributed by atoms with Crippen LogP contribution < -0.4 is 10.0 Å². The first kappa shape index (κ1) is 14.9. The van der Waals surface area contributed by atoms with Gasteiger partial charge in [-0.3, -0.25) is 4.79 Å². The molecule has 0 unspecified atom stereocenters. The molecule has 1 heterocycles. The van der Waals surface area contributed by atoms with E-state index in [0.29, 0.717) is 18.3 Å². The number of fused-ring (bicyclic) bond motifs is 2. The van der Waals surface area contributed by atoms with Crippen LogP contribution in [0.2, 0.25) is 0 Å². The maximum atomic E-state index is 12.3. The fraction of sp³-hybridized carbons (Fsp3) is 0.750. The molecule has 2 N–H and O–H groups in total. The Kier molecular flexibility index (Phi) is 3.98. The third kappa shape index (κ3) is 3.09. The molecule has 0 spiro atoms. The van der Waals surface area contributed by atoms with Crippen LogP contribution in [0.4, 0.5) is 5.13 Å². The van der Waals surface area contributed by atoms with E-state index in [2.05, 4.69) is 20.2 Å². The number of sulfonamides is 1. The number of nitrogens with zero attached hydrogens (tertiary/aromatic N) is 2. The predicted molar refractivity (Wildman–Crippen MR) is 78.4 cm³/mol. The molecule has 2 aliphatic rings. The number of carbonyl (C=O) groups excluding carboxylic acids is 1. The monoisotopic (exact) mass is 330 g/mol. The molecule has 3 atom stereocenters. The Balaban J connectivity index is 1.69. The second-order valence-electron chi connectivity index (χ2n) is 5.68. The highest BCUT2D eigenvalue weighted by atomic mass is 32.2. The lowest BCUT2D eigenvalue weighted by molar-refractivity contribution is -0.115. The first-order chi connectivity index (χ1) is 9.98. The van der Waals surface area contributed by atoms with Crippen molar-refractivity contribution < 1.29 is 13.2 Å². The van der Waals surface area contributed by atoms with Gasteiger partial charge in [0.25, 0.3) is 10.0 Å². The molecule has 9 heteroatoms. The number of anilines is 1. The summed E-state index contributed by atoms with van der Waals surface area (Å²) in [6.07, 6.45) is 4.68. The van der Waals surface area contributed by atoms with Crippen molar-refractivity contribution in [2.75, 3.05) is 5.32 Å². The van der Waals surface area contributed by atoms with Crippen molar-refractivity contribution >= 4 is 32.4 Å². The first-order valence-electron chi connectivity index (χ1n) is 7.13. The molecule has 3 rings (SSSR count). The molecule has 2 fully saturated rings. The molecule has 2 saturated carbocycles. The molecule has 2 bridgehead atoms. The first-order valence-corrected chi connectivity index (χ1v) is 9.43. The largest absolute Gasteiger partial charge is 0.301 e. The van der Waals surface area contributed by atoms with Gasteiger partial charge in [0.15, 0.2) is 0 Å². The number of hydrogen-bond acceptors (Lipinski definition) is 6. The second-order valence-corrected chi connectivity index (χ2v) is 8.54. The molecule has 0 aliphatic heterocycles. The van der Waals surface area contributed by atoms with E-state index in [4.69, 9.17) is 0 Å². The molecule has 1 amide bonds. The van der Waals surface area contributed by atoms with Crippen molar-refractivity contribution in [3.63, 3.8) is 0 Å². The summed E-state index contributed by atoms with van der Waals surface area (Å²) in [7, 11) is -3.64. The smallest absolute Gasteiger partial charge is 0.270 e. The minimum atomic E-state index is -3.64. The Bertz CT molecular complexity index is 643. The van der Waals surface area contributed by atoms with E-state index in [1.54, 1.807) is 6.92 Å². The summed E-state index contributed by atoms with van der Waals surface area (Å²) in [5.41, 5.74) is 0. The van der Waals surface area contributed by atoms with E-state index >= 15 is 0 Å². The average Bonchev–Trinajstić information content (AvgIpc) is 3.13. The minimum Gasteiger partial charge on any atom is -0.301 e. The average molecular weight is 330 g/mol. The van der Waals surface area contributed by atoms with E-state index in [1.807, 2.05) is 0 Å². The highest BCUT2D eigenvalue weighted by Gasteiger charge is 2.41. The number of nitrogens with one attached hydrogen (secondary N) is 2. The van der Waals surface area contributed by atoms with Crippen LogP contribution in [0.5, 0.6) is 0 Å². The summed E-state index contributed by atoms with van der Waals surface area (Å²) in [4.78, 5) is 11.3. The van der Waals surface area contributed by atoms with Crippen LogP contribution in [0.25, 0.3) is 0 Å². The Morgan fingerprint density at radius 1 is 1.33 bits per heavy atom. The lowest BCUT2D eigenvalue weighted by Gasteiger charge is -2.21. The minimum absolute atomic E-state index is 0.0198. The quantitative estimate of drug-likeness (QED) is 0.794. The molecule has 21 heavy (non-hydrogen) atoms. The van der Waals surface area contributed by atoms with E-state index in [9.17, 15) is 13.2 Å². The van der Waals surface area contributed by atoms with Gasteiger partial charge in [-0.25, -0.2) is 13.1 Å². The van der Waals surface area contributed by atoms with Gasteiger partial charge in [-0.2, -0.15) is 0 Å². The lowest BCUT2D eigenvalue weighted by atomic mass is 9.96. The summed E-state index contributed by atoms with van der Waals surface area (Å²) >= 11 is 0.882. The summed E-state index contributed by atoms with van der Waals surface area (Å²) in [5.74, 6) is 0.907. The van der Waals surface area contributed by atoms with Crippen molar-refractivity contribution in [1.82, 2.24) is 14.9 Å². The normalized spacial score (nSPS) is 28.0. The van der Waals surface area contributed by atoms with Crippen LogP contribution in [0.3, 0.4) is 0 Å². The van der Waals surface area contributed by atoms with Crippen molar-refractivity contribution in [1.29, 1.82) is 0 Å². The zero-order chi connectivity index (χ0) is 15.0. The third-order valence-corrected chi connectivity index (χ3v) is 6.94. The Morgan fingerprint density at radius 3 is 2.76 bits per heavy atom. The predicted octanol–water partition coefficient (Wildman–Crippen LogP) is 1.35. The van der Waals surface area contributed by atoms with Gasteiger partial charge in [-0.05, 0) is 31.1 Å². The zero-order valence-corrected chi connectivity index (χ0v) is 13.3. The van der Waals surface area contributed by atoms with Crippen LogP contribution in [0.15, 0.2) is 4.34 Å². The van der Waals surface area contributed by atoms with Gasteiger partial charge in [0, 0.05) is 12.5 Å². The number of hydrogen-bond donors (Lipinski definition) is 2. The fourth-order valence-corrected chi connectivity index (χ4v) is 5.47. The van der Waals surface area contributed by atoms with Gasteiger partial charge < -0.3 is 5.32 Å². The SMILES string of the molecule is CCC(=O)Nc1nnc(S(=O)(=O)N[C@H]2C[C@@H]3CC[C@@H]2C3)s1. The van der Waals surface area contributed by atoms with Crippen molar-refractivity contribution in [2.45, 2.75) is 49.4 Å². The van der Waals surface area contributed by atoms with Gasteiger partial charge in [-0.15, -0.1) is 10.2 Å². The van der Waals surface area contributed by atoms with Gasteiger partial charge in [-0.1, -0.05) is 24.7 Å². The number of carbonyl (C=O) groups is 1. The molecule has 2 aliphatic carbocycles. The topological polar surface area (TPSA) is 101 Å². The number of aromatic nitrogens is 2. The molecule has 7 nitrogen and oxygen atoms in total. The number of rotatable bonds is 5.